The Balaban J connectivity index is 2.50. The van der Waals surface area contributed by atoms with E-state index in [1.807, 2.05) is 0 Å². The molecule has 1 aromatic carbocycles. The first-order chi connectivity index (χ1) is 7.67. The molecule has 0 spiro atoms. The van der Waals surface area contributed by atoms with Crippen molar-refractivity contribution in [2.24, 2.45) is 0 Å². The SMILES string of the molecule is CCNC(CC)CCc1ccc(F)c(Cl)c1. The minimum absolute atomic E-state index is 0.217. The van der Waals surface area contributed by atoms with E-state index in [0.29, 0.717) is 6.04 Å². The van der Waals surface area contributed by atoms with Gasteiger partial charge in [-0.1, -0.05) is 31.5 Å². The lowest BCUT2D eigenvalue weighted by molar-refractivity contribution is 0.481. The Morgan fingerprint density at radius 2 is 2.12 bits per heavy atom. The zero-order valence-electron chi connectivity index (χ0n) is 9.89. The smallest absolute Gasteiger partial charge is 0.141 e. The van der Waals surface area contributed by atoms with Gasteiger partial charge in [-0.25, -0.2) is 4.39 Å². The van der Waals surface area contributed by atoms with Crippen molar-refractivity contribution in [3.8, 4) is 0 Å². The van der Waals surface area contributed by atoms with Crippen molar-refractivity contribution >= 4 is 11.6 Å². The molecule has 0 heterocycles. The highest BCUT2D eigenvalue weighted by Crippen LogP contribution is 2.17. The second-order valence-electron chi connectivity index (χ2n) is 3.95. The number of halogens is 2. The first-order valence-electron chi connectivity index (χ1n) is 5.84. The zero-order chi connectivity index (χ0) is 12.0. The highest BCUT2D eigenvalue weighted by Gasteiger charge is 2.06. The standard InChI is InChI=1S/C13H19ClFN/c1-3-11(16-4-2)7-5-10-6-8-13(15)12(14)9-10/h6,8-9,11,16H,3-5,7H2,1-2H3. The molecule has 1 atom stereocenters. The highest BCUT2D eigenvalue weighted by molar-refractivity contribution is 6.30. The van der Waals surface area contributed by atoms with Crippen LogP contribution in [-0.4, -0.2) is 12.6 Å². The van der Waals surface area contributed by atoms with E-state index in [4.69, 9.17) is 11.6 Å². The van der Waals surface area contributed by atoms with Gasteiger partial charge in [0.2, 0.25) is 0 Å². The van der Waals surface area contributed by atoms with E-state index in [9.17, 15) is 4.39 Å². The number of benzene rings is 1. The molecular weight excluding hydrogens is 225 g/mol. The third kappa shape index (κ3) is 4.11. The molecule has 0 amide bonds. The molecule has 1 aromatic rings. The summed E-state index contributed by atoms with van der Waals surface area (Å²) in [5.41, 5.74) is 1.10. The summed E-state index contributed by atoms with van der Waals surface area (Å²) < 4.78 is 12.9. The van der Waals surface area contributed by atoms with Crippen molar-refractivity contribution in [3.63, 3.8) is 0 Å². The molecule has 90 valence electrons. The van der Waals surface area contributed by atoms with E-state index in [1.54, 1.807) is 12.1 Å². The number of nitrogens with one attached hydrogen (secondary N) is 1. The molecule has 1 unspecified atom stereocenters. The molecule has 16 heavy (non-hydrogen) atoms. The Morgan fingerprint density at radius 3 is 2.69 bits per heavy atom. The monoisotopic (exact) mass is 243 g/mol. The van der Waals surface area contributed by atoms with E-state index >= 15 is 0 Å². The van der Waals surface area contributed by atoms with Gasteiger partial charge in [0.25, 0.3) is 0 Å². The van der Waals surface area contributed by atoms with Crippen LogP contribution in [0.3, 0.4) is 0 Å². The van der Waals surface area contributed by atoms with Crippen LogP contribution < -0.4 is 5.32 Å². The van der Waals surface area contributed by atoms with E-state index < -0.39 is 0 Å². The van der Waals surface area contributed by atoms with Gasteiger partial charge in [-0.3, -0.25) is 0 Å². The van der Waals surface area contributed by atoms with E-state index in [1.165, 1.54) is 6.07 Å². The molecule has 0 saturated heterocycles. The fourth-order valence-corrected chi connectivity index (χ4v) is 1.98. The van der Waals surface area contributed by atoms with Crippen molar-refractivity contribution in [2.75, 3.05) is 6.54 Å². The third-order valence-corrected chi connectivity index (χ3v) is 3.04. The summed E-state index contributed by atoms with van der Waals surface area (Å²) in [6, 6.07) is 5.50. The van der Waals surface area contributed by atoms with E-state index in [-0.39, 0.29) is 10.8 Å². The molecule has 0 bridgehead atoms. The van der Waals surface area contributed by atoms with Crippen LogP contribution in [0.4, 0.5) is 4.39 Å². The van der Waals surface area contributed by atoms with Gasteiger partial charge in [0.05, 0.1) is 5.02 Å². The maximum atomic E-state index is 12.9. The minimum atomic E-state index is -0.343. The predicted molar refractivity (Wildman–Crippen MR) is 67.5 cm³/mol. The van der Waals surface area contributed by atoms with Crippen LogP contribution in [-0.2, 0) is 6.42 Å². The van der Waals surface area contributed by atoms with Crippen molar-refractivity contribution < 1.29 is 4.39 Å². The summed E-state index contributed by atoms with van der Waals surface area (Å²) in [6.07, 6.45) is 3.11. The lowest BCUT2D eigenvalue weighted by atomic mass is 10.0. The van der Waals surface area contributed by atoms with Crippen LogP contribution in [0, 0.1) is 5.82 Å². The van der Waals surface area contributed by atoms with E-state index in [2.05, 4.69) is 19.2 Å². The fourth-order valence-electron chi connectivity index (χ4n) is 1.78. The Kier molecular flexibility index (Phi) is 5.78. The molecule has 0 aliphatic carbocycles. The topological polar surface area (TPSA) is 12.0 Å². The first-order valence-corrected chi connectivity index (χ1v) is 6.22. The summed E-state index contributed by atoms with van der Waals surface area (Å²) in [4.78, 5) is 0. The molecule has 0 aromatic heterocycles. The lowest BCUT2D eigenvalue weighted by Crippen LogP contribution is -2.28. The Bertz CT molecular complexity index is 328. The summed E-state index contributed by atoms with van der Waals surface area (Å²) in [5.74, 6) is -0.343. The highest BCUT2D eigenvalue weighted by atomic mass is 35.5. The van der Waals surface area contributed by atoms with Crippen molar-refractivity contribution in [1.29, 1.82) is 0 Å². The largest absolute Gasteiger partial charge is 0.314 e. The molecule has 1 N–H and O–H groups in total. The van der Waals surface area contributed by atoms with Crippen molar-refractivity contribution in [1.82, 2.24) is 5.32 Å². The number of hydrogen-bond acceptors (Lipinski definition) is 1. The van der Waals surface area contributed by atoms with Crippen LogP contribution in [0.1, 0.15) is 32.3 Å². The molecule has 0 aliphatic heterocycles. The van der Waals surface area contributed by atoms with Gasteiger partial charge in [-0.2, -0.15) is 0 Å². The number of rotatable bonds is 6. The van der Waals surface area contributed by atoms with Crippen LogP contribution in [0.15, 0.2) is 18.2 Å². The van der Waals surface area contributed by atoms with Gasteiger partial charge in [-0.05, 0) is 43.5 Å². The average molecular weight is 244 g/mol. The van der Waals surface area contributed by atoms with Crippen LogP contribution >= 0.6 is 11.6 Å². The predicted octanol–water partition coefficient (Wildman–Crippen LogP) is 3.80. The normalized spacial score (nSPS) is 12.8. The lowest BCUT2D eigenvalue weighted by Gasteiger charge is -2.15. The van der Waals surface area contributed by atoms with Crippen LogP contribution in [0.5, 0.6) is 0 Å². The van der Waals surface area contributed by atoms with Crippen LogP contribution in [0.25, 0.3) is 0 Å². The molecule has 0 fully saturated rings. The molecule has 3 heteroatoms. The van der Waals surface area contributed by atoms with Gasteiger partial charge >= 0.3 is 0 Å². The fraction of sp³-hybridized carbons (Fsp3) is 0.538. The molecule has 1 nitrogen and oxygen atoms in total. The zero-order valence-corrected chi connectivity index (χ0v) is 10.6. The van der Waals surface area contributed by atoms with Gasteiger partial charge in [-0.15, -0.1) is 0 Å². The van der Waals surface area contributed by atoms with Gasteiger partial charge in [0, 0.05) is 6.04 Å². The van der Waals surface area contributed by atoms with Gasteiger partial charge < -0.3 is 5.32 Å². The molecular formula is C13H19ClFN. The molecule has 0 saturated carbocycles. The second-order valence-corrected chi connectivity index (χ2v) is 4.36. The minimum Gasteiger partial charge on any atom is -0.314 e. The third-order valence-electron chi connectivity index (χ3n) is 2.75. The van der Waals surface area contributed by atoms with Gasteiger partial charge in [0.15, 0.2) is 0 Å². The second kappa shape index (κ2) is 6.87. The van der Waals surface area contributed by atoms with E-state index in [0.717, 1.165) is 31.4 Å². The van der Waals surface area contributed by atoms with Crippen molar-refractivity contribution in [3.05, 3.63) is 34.6 Å². The maximum Gasteiger partial charge on any atom is 0.141 e. The molecule has 1 rings (SSSR count). The Labute approximate surface area is 102 Å². The quantitative estimate of drug-likeness (QED) is 0.802. The summed E-state index contributed by atoms with van der Waals surface area (Å²) in [7, 11) is 0. The van der Waals surface area contributed by atoms with Gasteiger partial charge in [0.1, 0.15) is 5.82 Å². The Hall–Kier alpha value is -0.600. The number of hydrogen-bond donors (Lipinski definition) is 1. The maximum absolute atomic E-state index is 12.9. The first kappa shape index (κ1) is 13.5. The number of aryl methyl sites for hydroxylation is 1. The summed E-state index contributed by atoms with van der Waals surface area (Å²) in [5, 5.41) is 3.64. The summed E-state index contributed by atoms with van der Waals surface area (Å²) >= 11 is 5.73. The van der Waals surface area contributed by atoms with Crippen molar-refractivity contribution in [2.45, 2.75) is 39.2 Å². The molecule has 0 radical (unpaired) electrons. The summed E-state index contributed by atoms with van der Waals surface area (Å²) in [6.45, 7) is 5.27. The Morgan fingerprint density at radius 1 is 1.38 bits per heavy atom. The van der Waals surface area contributed by atoms with Crippen LogP contribution in [0.2, 0.25) is 5.02 Å². The molecule has 0 aliphatic rings. The average Bonchev–Trinajstić information content (AvgIpc) is 2.28.